The van der Waals surface area contributed by atoms with Crippen LogP contribution in [0.15, 0.2) is 24.3 Å². The van der Waals surface area contributed by atoms with Crippen LogP contribution in [0.2, 0.25) is 0 Å². The van der Waals surface area contributed by atoms with Crippen molar-refractivity contribution >= 4 is 11.6 Å². The predicted molar refractivity (Wildman–Crippen MR) is 68.2 cm³/mol. The van der Waals surface area contributed by atoms with Gasteiger partial charge in [0.05, 0.1) is 12.6 Å². The van der Waals surface area contributed by atoms with E-state index in [0.29, 0.717) is 18.0 Å². The first-order valence-electron chi connectivity index (χ1n) is 6.09. The molecule has 1 aromatic rings. The first-order chi connectivity index (χ1) is 8.70. The number of carbonyl (C=O) groups is 1. The molecular weight excluding hydrogens is 232 g/mol. The maximum Gasteiger partial charge on any atom is 0.260 e. The summed E-state index contributed by atoms with van der Waals surface area (Å²) >= 11 is 0. The Balaban J connectivity index is 1.86. The minimum absolute atomic E-state index is 0.000415. The SMILES string of the molecule is Nc1ccc(OCC(=O)N2CCC[C@@H]2CO)cc1. The summed E-state index contributed by atoms with van der Waals surface area (Å²) in [5.41, 5.74) is 6.22. The smallest absolute Gasteiger partial charge is 0.260 e. The molecule has 1 fully saturated rings. The van der Waals surface area contributed by atoms with E-state index in [4.69, 9.17) is 15.6 Å². The number of carbonyl (C=O) groups excluding carboxylic acids is 1. The number of ether oxygens (including phenoxy) is 1. The molecule has 0 aromatic heterocycles. The highest BCUT2D eigenvalue weighted by molar-refractivity contribution is 5.78. The van der Waals surface area contributed by atoms with Gasteiger partial charge in [0.1, 0.15) is 5.75 Å². The molecule has 0 unspecified atom stereocenters. The van der Waals surface area contributed by atoms with Gasteiger partial charge in [0.25, 0.3) is 5.91 Å². The third-order valence-corrected chi connectivity index (χ3v) is 3.15. The molecule has 0 saturated carbocycles. The van der Waals surface area contributed by atoms with E-state index in [9.17, 15) is 4.79 Å². The molecule has 18 heavy (non-hydrogen) atoms. The number of aliphatic hydroxyl groups is 1. The Morgan fingerprint density at radius 3 is 2.83 bits per heavy atom. The van der Waals surface area contributed by atoms with E-state index in [-0.39, 0.29) is 25.2 Å². The molecule has 0 radical (unpaired) electrons. The third-order valence-electron chi connectivity index (χ3n) is 3.15. The maximum absolute atomic E-state index is 11.9. The van der Waals surface area contributed by atoms with Gasteiger partial charge in [-0.1, -0.05) is 0 Å². The number of aliphatic hydroxyl groups excluding tert-OH is 1. The number of anilines is 1. The molecule has 3 N–H and O–H groups in total. The van der Waals surface area contributed by atoms with Crippen LogP contribution in [0.5, 0.6) is 5.75 Å². The monoisotopic (exact) mass is 250 g/mol. The third kappa shape index (κ3) is 2.92. The van der Waals surface area contributed by atoms with Crippen LogP contribution < -0.4 is 10.5 Å². The number of likely N-dealkylation sites (tertiary alicyclic amines) is 1. The molecule has 1 saturated heterocycles. The lowest BCUT2D eigenvalue weighted by atomic mass is 10.2. The van der Waals surface area contributed by atoms with E-state index in [1.807, 2.05) is 0 Å². The average Bonchev–Trinajstić information content (AvgIpc) is 2.86. The van der Waals surface area contributed by atoms with E-state index < -0.39 is 0 Å². The maximum atomic E-state index is 11.9. The molecule has 1 aliphatic rings. The average molecular weight is 250 g/mol. The van der Waals surface area contributed by atoms with Crippen molar-refractivity contribution in [2.75, 3.05) is 25.5 Å². The molecule has 5 nitrogen and oxygen atoms in total. The van der Waals surface area contributed by atoms with Gasteiger partial charge in [-0.05, 0) is 37.1 Å². The number of nitrogens with two attached hydrogens (primary N) is 1. The Bertz CT molecular complexity index is 405. The molecule has 98 valence electrons. The highest BCUT2D eigenvalue weighted by atomic mass is 16.5. The van der Waals surface area contributed by atoms with Gasteiger partial charge in [0.15, 0.2) is 6.61 Å². The predicted octanol–water partition coefficient (Wildman–Crippen LogP) is 0.631. The zero-order valence-electron chi connectivity index (χ0n) is 10.2. The lowest BCUT2D eigenvalue weighted by molar-refractivity contribution is -0.134. The zero-order valence-corrected chi connectivity index (χ0v) is 10.2. The summed E-state index contributed by atoms with van der Waals surface area (Å²) < 4.78 is 5.40. The first kappa shape index (κ1) is 12.7. The second-order valence-corrected chi connectivity index (χ2v) is 4.42. The summed E-state index contributed by atoms with van der Waals surface area (Å²) in [5, 5.41) is 9.15. The van der Waals surface area contributed by atoms with E-state index in [1.54, 1.807) is 29.2 Å². The van der Waals surface area contributed by atoms with Crippen molar-refractivity contribution in [3.63, 3.8) is 0 Å². The van der Waals surface area contributed by atoms with Crippen molar-refractivity contribution in [1.82, 2.24) is 4.90 Å². The van der Waals surface area contributed by atoms with E-state index in [0.717, 1.165) is 12.8 Å². The van der Waals surface area contributed by atoms with Crippen LogP contribution >= 0.6 is 0 Å². The second-order valence-electron chi connectivity index (χ2n) is 4.42. The fourth-order valence-electron chi connectivity index (χ4n) is 2.15. The lowest BCUT2D eigenvalue weighted by Crippen LogP contribution is -2.40. The van der Waals surface area contributed by atoms with E-state index >= 15 is 0 Å². The van der Waals surface area contributed by atoms with Gasteiger partial charge in [-0.3, -0.25) is 4.79 Å². The van der Waals surface area contributed by atoms with Crippen molar-refractivity contribution in [1.29, 1.82) is 0 Å². The molecule has 1 amide bonds. The normalized spacial score (nSPS) is 18.9. The molecule has 5 heteroatoms. The number of benzene rings is 1. The van der Waals surface area contributed by atoms with E-state index in [1.165, 1.54) is 0 Å². The van der Waals surface area contributed by atoms with Crippen LogP contribution in [0.3, 0.4) is 0 Å². The van der Waals surface area contributed by atoms with Crippen molar-refractivity contribution in [2.24, 2.45) is 0 Å². The quantitative estimate of drug-likeness (QED) is 0.769. The fraction of sp³-hybridized carbons (Fsp3) is 0.462. The van der Waals surface area contributed by atoms with Crippen LogP contribution in [0.1, 0.15) is 12.8 Å². The number of rotatable bonds is 4. The van der Waals surface area contributed by atoms with Crippen molar-refractivity contribution in [3.8, 4) is 5.75 Å². The topological polar surface area (TPSA) is 75.8 Å². The summed E-state index contributed by atoms with van der Waals surface area (Å²) in [6.45, 7) is 0.725. The van der Waals surface area contributed by atoms with Gasteiger partial charge in [-0.15, -0.1) is 0 Å². The number of nitrogen functional groups attached to an aromatic ring is 1. The van der Waals surface area contributed by atoms with Gasteiger partial charge in [-0.25, -0.2) is 0 Å². The van der Waals surface area contributed by atoms with Crippen LogP contribution in [-0.4, -0.2) is 41.7 Å². The molecule has 1 atom stereocenters. The van der Waals surface area contributed by atoms with Gasteiger partial charge in [-0.2, -0.15) is 0 Å². The standard InChI is InChI=1S/C13H18N2O3/c14-10-3-5-12(6-4-10)18-9-13(17)15-7-1-2-11(15)8-16/h3-6,11,16H,1-2,7-9,14H2/t11-/m1/s1. The Morgan fingerprint density at radius 2 is 2.17 bits per heavy atom. The molecule has 0 aliphatic carbocycles. The molecule has 0 bridgehead atoms. The summed E-state index contributed by atoms with van der Waals surface area (Å²) in [6, 6.07) is 6.87. The molecule has 1 heterocycles. The molecule has 2 rings (SSSR count). The van der Waals surface area contributed by atoms with E-state index in [2.05, 4.69) is 0 Å². The Labute approximate surface area is 106 Å². The molecular formula is C13H18N2O3. The van der Waals surface area contributed by atoms with Crippen LogP contribution in [-0.2, 0) is 4.79 Å². The highest BCUT2D eigenvalue weighted by Crippen LogP contribution is 2.18. The Kier molecular flexibility index (Phi) is 4.04. The summed E-state index contributed by atoms with van der Waals surface area (Å²) in [7, 11) is 0. The number of hydrogen-bond donors (Lipinski definition) is 2. The number of hydrogen-bond acceptors (Lipinski definition) is 4. The zero-order chi connectivity index (χ0) is 13.0. The van der Waals surface area contributed by atoms with Gasteiger partial charge >= 0.3 is 0 Å². The Morgan fingerprint density at radius 1 is 1.44 bits per heavy atom. The van der Waals surface area contributed by atoms with Crippen molar-refractivity contribution in [2.45, 2.75) is 18.9 Å². The number of amides is 1. The molecule has 1 aliphatic heterocycles. The summed E-state index contributed by atoms with van der Waals surface area (Å²) in [5.74, 6) is 0.542. The Hall–Kier alpha value is -1.75. The first-order valence-corrected chi connectivity index (χ1v) is 6.09. The van der Waals surface area contributed by atoms with Crippen molar-refractivity contribution < 1.29 is 14.6 Å². The lowest BCUT2D eigenvalue weighted by Gasteiger charge is -2.22. The number of nitrogens with zero attached hydrogens (tertiary/aromatic N) is 1. The largest absolute Gasteiger partial charge is 0.484 e. The highest BCUT2D eigenvalue weighted by Gasteiger charge is 2.27. The van der Waals surface area contributed by atoms with Crippen LogP contribution in [0, 0.1) is 0 Å². The minimum atomic E-state index is -0.0802. The fourth-order valence-corrected chi connectivity index (χ4v) is 2.15. The second kappa shape index (κ2) is 5.73. The summed E-state index contributed by atoms with van der Waals surface area (Å²) in [4.78, 5) is 13.6. The van der Waals surface area contributed by atoms with Crippen molar-refractivity contribution in [3.05, 3.63) is 24.3 Å². The van der Waals surface area contributed by atoms with Gasteiger partial charge in [0.2, 0.25) is 0 Å². The molecule has 1 aromatic carbocycles. The van der Waals surface area contributed by atoms with Gasteiger partial charge in [0, 0.05) is 12.2 Å². The summed E-state index contributed by atoms with van der Waals surface area (Å²) in [6.07, 6.45) is 1.81. The van der Waals surface area contributed by atoms with Crippen LogP contribution in [0.4, 0.5) is 5.69 Å². The molecule has 0 spiro atoms. The van der Waals surface area contributed by atoms with Gasteiger partial charge < -0.3 is 20.5 Å². The van der Waals surface area contributed by atoms with Crippen LogP contribution in [0.25, 0.3) is 0 Å². The minimum Gasteiger partial charge on any atom is -0.484 e.